The molecule has 78 valence electrons. The van der Waals surface area contributed by atoms with Crippen molar-refractivity contribution in [2.24, 2.45) is 0 Å². The first kappa shape index (κ1) is 9.36. The minimum atomic E-state index is 0.276. The van der Waals surface area contributed by atoms with Gasteiger partial charge < -0.3 is 0 Å². The molecule has 4 nitrogen and oxygen atoms in total. The van der Waals surface area contributed by atoms with Crippen LogP contribution in [0.25, 0.3) is 5.78 Å². The van der Waals surface area contributed by atoms with Gasteiger partial charge in [-0.15, -0.1) is 16.7 Å². The highest BCUT2D eigenvalue weighted by Gasteiger charge is 2.26. The molecule has 1 saturated carbocycles. The van der Waals surface area contributed by atoms with Crippen molar-refractivity contribution in [3.8, 4) is 0 Å². The summed E-state index contributed by atoms with van der Waals surface area (Å²) >= 11 is 11.7. The van der Waals surface area contributed by atoms with Gasteiger partial charge in [-0.1, -0.05) is 11.6 Å². The average Bonchev–Trinajstić information content (AvgIpc) is 2.98. The molecule has 0 atom stereocenters. The normalized spacial score (nSPS) is 16.1. The molecule has 6 heteroatoms. The van der Waals surface area contributed by atoms with E-state index < -0.39 is 0 Å². The van der Waals surface area contributed by atoms with Crippen LogP contribution in [0.5, 0.6) is 0 Å². The van der Waals surface area contributed by atoms with E-state index in [1.54, 1.807) is 0 Å². The van der Waals surface area contributed by atoms with Crippen molar-refractivity contribution < 1.29 is 0 Å². The fourth-order valence-corrected chi connectivity index (χ4v) is 1.88. The van der Waals surface area contributed by atoms with E-state index in [2.05, 4.69) is 15.1 Å². The number of hydrogen-bond donors (Lipinski definition) is 0. The van der Waals surface area contributed by atoms with Gasteiger partial charge in [-0.25, -0.2) is 4.98 Å². The molecule has 3 rings (SSSR count). The number of alkyl halides is 1. The van der Waals surface area contributed by atoms with Crippen molar-refractivity contribution in [1.29, 1.82) is 0 Å². The van der Waals surface area contributed by atoms with Crippen molar-refractivity contribution in [3.63, 3.8) is 0 Å². The minimum absolute atomic E-state index is 0.276. The Morgan fingerprint density at radius 1 is 1.40 bits per heavy atom. The van der Waals surface area contributed by atoms with Gasteiger partial charge >= 0.3 is 0 Å². The Kier molecular flexibility index (Phi) is 2.07. The van der Waals surface area contributed by atoms with Gasteiger partial charge in [0, 0.05) is 5.92 Å². The largest absolute Gasteiger partial charge is 0.254 e. The van der Waals surface area contributed by atoms with E-state index in [9.17, 15) is 0 Å². The van der Waals surface area contributed by atoms with Crippen LogP contribution in [0.15, 0.2) is 6.07 Å². The Hall–Kier alpha value is -0.870. The lowest BCUT2D eigenvalue weighted by molar-refractivity contribution is 0.890. The minimum Gasteiger partial charge on any atom is -0.216 e. The van der Waals surface area contributed by atoms with Gasteiger partial charge in [0.2, 0.25) is 0 Å². The van der Waals surface area contributed by atoms with Gasteiger partial charge in [0.25, 0.3) is 5.78 Å². The zero-order valence-electron chi connectivity index (χ0n) is 7.82. The smallest absolute Gasteiger partial charge is 0.216 e. The maximum Gasteiger partial charge on any atom is 0.254 e. The first-order valence-corrected chi connectivity index (χ1v) is 5.67. The summed E-state index contributed by atoms with van der Waals surface area (Å²) in [7, 11) is 0. The predicted molar refractivity (Wildman–Crippen MR) is 57.3 cm³/mol. The van der Waals surface area contributed by atoms with Crippen LogP contribution in [0.1, 0.15) is 30.3 Å². The second kappa shape index (κ2) is 3.32. The molecular weight excluding hydrogens is 235 g/mol. The predicted octanol–water partition coefficient (Wildman–Crippen LogP) is 2.39. The highest BCUT2D eigenvalue weighted by atomic mass is 35.5. The molecule has 0 bridgehead atoms. The molecule has 15 heavy (non-hydrogen) atoms. The molecule has 0 saturated heterocycles. The number of rotatable bonds is 2. The first-order chi connectivity index (χ1) is 7.28. The molecule has 0 radical (unpaired) electrons. The van der Waals surface area contributed by atoms with Crippen LogP contribution in [0.2, 0.25) is 5.15 Å². The van der Waals surface area contributed by atoms with E-state index in [0.717, 1.165) is 5.69 Å². The maximum absolute atomic E-state index is 6.08. The molecule has 1 aliphatic rings. The highest BCUT2D eigenvalue weighted by molar-refractivity contribution is 6.29. The Labute approximate surface area is 96.2 Å². The molecule has 2 heterocycles. The van der Waals surface area contributed by atoms with Gasteiger partial charge in [-0.2, -0.15) is 9.50 Å². The van der Waals surface area contributed by atoms with Gasteiger partial charge in [0.15, 0.2) is 5.82 Å². The quantitative estimate of drug-likeness (QED) is 0.600. The molecule has 0 spiro atoms. The number of hydrogen-bond acceptors (Lipinski definition) is 3. The van der Waals surface area contributed by atoms with Crippen LogP contribution in [0.3, 0.4) is 0 Å². The van der Waals surface area contributed by atoms with Crippen LogP contribution < -0.4 is 0 Å². The Balaban J connectivity index is 2.20. The third-order valence-corrected chi connectivity index (χ3v) is 2.96. The van der Waals surface area contributed by atoms with Gasteiger partial charge in [-0.3, -0.25) is 0 Å². The standard InChI is InChI=1S/C9H8Cl2N4/c10-4-8-13-9-12-6(5-1-2-5)3-7(11)15(9)14-8/h3,5H,1-2,4H2. The summed E-state index contributed by atoms with van der Waals surface area (Å²) in [4.78, 5) is 8.60. The Morgan fingerprint density at radius 3 is 2.87 bits per heavy atom. The third kappa shape index (κ3) is 1.58. The maximum atomic E-state index is 6.08. The summed E-state index contributed by atoms with van der Waals surface area (Å²) in [5, 5.41) is 4.68. The molecule has 2 aromatic heterocycles. The molecule has 1 aliphatic carbocycles. The van der Waals surface area contributed by atoms with E-state index in [4.69, 9.17) is 23.2 Å². The van der Waals surface area contributed by atoms with Crippen molar-refractivity contribution in [2.75, 3.05) is 0 Å². The fourth-order valence-electron chi connectivity index (χ4n) is 1.54. The number of nitrogens with zero attached hydrogens (tertiary/aromatic N) is 4. The molecule has 2 aromatic rings. The molecule has 0 aromatic carbocycles. The molecular formula is C9H8Cl2N4. The van der Waals surface area contributed by atoms with Crippen LogP contribution in [-0.4, -0.2) is 19.6 Å². The Morgan fingerprint density at radius 2 is 2.20 bits per heavy atom. The lowest BCUT2D eigenvalue weighted by atomic mass is 10.3. The van der Waals surface area contributed by atoms with Gasteiger partial charge in [0.1, 0.15) is 5.15 Å². The van der Waals surface area contributed by atoms with Crippen LogP contribution >= 0.6 is 23.2 Å². The van der Waals surface area contributed by atoms with Crippen LogP contribution in [-0.2, 0) is 5.88 Å². The van der Waals surface area contributed by atoms with Gasteiger partial charge in [0.05, 0.1) is 11.6 Å². The summed E-state index contributed by atoms with van der Waals surface area (Å²) in [5.41, 5.74) is 1.01. The van der Waals surface area contributed by atoms with E-state index >= 15 is 0 Å². The SMILES string of the molecule is ClCc1nc2nc(C3CC3)cc(Cl)n2n1. The molecule has 0 unspecified atom stereocenters. The third-order valence-electron chi connectivity index (χ3n) is 2.45. The van der Waals surface area contributed by atoms with Crippen molar-refractivity contribution >= 4 is 29.0 Å². The molecule has 0 N–H and O–H groups in total. The second-order valence-electron chi connectivity index (χ2n) is 3.65. The van der Waals surface area contributed by atoms with E-state index in [-0.39, 0.29) is 5.88 Å². The average molecular weight is 243 g/mol. The lowest BCUT2D eigenvalue weighted by Crippen LogP contribution is -1.96. The van der Waals surface area contributed by atoms with Crippen LogP contribution in [0, 0.1) is 0 Å². The summed E-state index contributed by atoms with van der Waals surface area (Å²) in [6, 6.07) is 1.86. The van der Waals surface area contributed by atoms with Crippen LogP contribution in [0.4, 0.5) is 0 Å². The topological polar surface area (TPSA) is 43.1 Å². The first-order valence-electron chi connectivity index (χ1n) is 4.76. The number of fused-ring (bicyclic) bond motifs is 1. The summed E-state index contributed by atoms with van der Waals surface area (Å²) in [6.07, 6.45) is 2.38. The van der Waals surface area contributed by atoms with E-state index in [0.29, 0.717) is 22.7 Å². The second-order valence-corrected chi connectivity index (χ2v) is 4.31. The summed E-state index contributed by atoms with van der Waals surface area (Å²) in [6.45, 7) is 0. The van der Waals surface area contributed by atoms with Crippen molar-refractivity contribution in [2.45, 2.75) is 24.6 Å². The number of halogens is 2. The summed E-state index contributed by atoms with van der Waals surface area (Å²) < 4.78 is 1.52. The van der Waals surface area contributed by atoms with Gasteiger partial charge in [-0.05, 0) is 18.9 Å². The van der Waals surface area contributed by atoms with Crippen molar-refractivity contribution in [3.05, 3.63) is 22.7 Å². The zero-order chi connectivity index (χ0) is 10.4. The molecule has 1 fully saturated rings. The van der Waals surface area contributed by atoms with E-state index in [1.807, 2.05) is 6.07 Å². The lowest BCUT2D eigenvalue weighted by Gasteiger charge is -1.99. The van der Waals surface area contributed by atoms with E-state index in [1.165, 1.54) is 17.4 Å². The monoisotopic (exact) mass is 242 g/mol. The molecule has 0 aliphatic heterocycles. The molecule has 0 amide bonds. The Bertz CT molecular complexity index is 518. The zero-order valence-corrected chi connectivity index (χ0v) is 9.33. The van der Waals surface area contributed by atoms with Crippen molar-refractivity contribution in [1.82, 2.24) is 19.6 Å². The summed E-state index contributed by atoms with van der Waals surface area (Å²) in [5.74, 6) is 1.93. The fraction of sp³-hybridized carbons (Fsp3) is 0.444. The highest BCUT2D eigenvalue weighted by Crippen LogP contribution is 2.39. The number of aromatic nitrogens is 4.